The van der Waals surface area contributed by atoms with Gasteiger partial charge in [0.2, 0.25) is 0 Å². The number of rotatable bonds is 7. The van der Waals surface area contributed by atoms with Gasteiger partial charge in [0.25, 0.3) is 11.8 Å². The predicted octanol–water partition coefficient (Wildman–Crippen LogP) is 4.44. The van der Waals surface area contributed by atoms with Crippen LogP contribution in [0.4, 0.5) is 17.6 Å². The summed E-state index contributed by atoms with van der Waals surface area (Å²) in [6, 6.07) is 8.57. The van der Waals surface area contributed by atoms with E-state index in [1.165, 1.54) is 29.0 Å². The van der Waals surface area contributed by atoms with Crippen LogP contribution in [0.2, 0.25) is 0 Å². The van der Waals surface area contributed by atoms with Crippen molar-refractivity contribution in [3.8, 4) is 11.1 Å². The zero-order valence-corrected chi connectivity index (χ0v) is 18.3. The third kappa shape index (κ3) is 4.51. The normalized spacial score (nSPS) is 24.4. The van der Waals surface area contributed by atoms with Crippen molar-refractivity contribution in [2.45, 2.75) is 43.9 Å². The minimum Gasteiger partial charge on any atom is -0.368 e. The summed E-state index contributed by atoms with van der Waals surface area (Å²) in [5, 5.41) is 0. The van der Waals surface area contributed by atoms with Gasteiger partial charge in [-0.1, -0.05) is 55.3 Å². The van der Waals surface area contributed by atoms with Gasteiger partial charge in [-0.3, -0.25) is 9.52 Å². The molecule has 2 aromatic carbocycles. The first-order valence-corrected chi connectivity index (χ1v) is 11.5. The molecule has 1 unspecified atom stereocenters. The van der Waals surface area contributed by atoms with Crippen LogP contribution in [0.5, 0.6) is 0 Å². The average molecular weight is 469 g/mol. The van der Waals surface area contributed by atoms with E-state index in [9.17, 15) is 22.4 Å². The Bertz CT molecular complexity index is 986. The van der Waals surface area contributed by atoms with Crippen LogP contribution in [0.1, 0.15) is 18.9 Å². The maximum atomic E-state index is 14.9. The monoisotopic (exact) mass is 468 g/mol. The minimum atomic E-state index is -3.11. The van der Waals surface area contributed by atoms with Crippen molar-refractivity contribution >= 4 is 17.9 Å². The molecule has 4 rings (SSSR count). The van der Waals surface area contributed by atoms with E-state index >= 15 is 0 Å². The van der Waals surface area contributed by atoms with Gasteiger partial charge in [-0.25, -0.2) is 17.6 Å². The van der Waals surface area contributed by atoms with E-state index in [4.69, 9.17) is 4.74 Å². The fourth-order valence-electron chi connectivity index (χ4n) is 4.16. The van der Waals surface area contributed by atoms with Crippen LogP contribution < -0.4 is 4.72 Å². The number of nitrogens with zero attached hydrogens (tertiary/aromatic N) is 1. The van der Waals surface area contributed by atoms with Crippen LogP contribution in [0.25, 0.3) is 11.1 Å². The van der Waals surface area contributed by atoms with Gasteiger partial charge in [0.15, 0.2) is 11.6 Å². The summed E-state index contributed by atoms with van der Waals surface area (Å²) < 4.78 is 65.9. The minimum absolute atomic E-state index is 0.0932. The van der Waals surface area contributed by atoms with Crippen LogP contribution in [-0.2, 0) is 16.0 Å². The number of carbonyl (C=O) groups is 1. The summed E-state index contributed by atoms with van der Waals surface area (Å²) in [5.74, 6) is -4.87. The Labute approximate surface area is 188 Å². The van der Waals surface area contributed by atoms with Gasteiger partial charge in [-0.15, -0.1) is 0 Å². The van der Waals surface area contributed by atoms with E-state index in [0.29, 0.717) is 29.9 Å². The Morgan fingerprint density at radius 1 is 1.25 bits per heavy atom. The highest BCUT2D eigenvalue weighted by Crippen LogP contribution is 2.37. The number of nitrogens with one attached hydrogen (secondary N) is 1. The predicted molar refractivity (Wildman–Crippen MR) is 115 cm³/mol. The molecule has 4 nitrogen and oxygen atoms in total. The summed E-state index contributed by atoms with van der Waals surface area (Å²) in [4.78, 5) is 14.1. The first-order valence-electron chi connectivity index (χ1n) is 10.5. The van der Waals surface area contributed by atoms with Crippen LogP contribution in [0.3, 0.4) is 0 Å². The van der Waals surface area contributed by atoms with Gasteiger partial charge in [0.05, 0.1) is 19.2 Å². The maximum absolute atomic E-state index is 14.9. The van der Waals surface area contributed by atoms with Crippen LogP contribution in [0.15, 0.2) is 42.5 Å². The fourth-order valence-corrected chi connectivity index (χ4v) is 4.84. The molecule has 0 spiro atoms. The fraction of sp³-hybridized carbons (Fsp3) is 0.435. The third-order valence-corrected chi connectivity index (χ3v) is 6.58. The molecule has 2 aliphatic rings. The molecule has 0 aliphatic carbocycles. The topological polar surface area (TPSA) is 41.6 Å². The Balaban J connectivity index is 1.64. The second-order valence-electron chi connectivity index (χ2n) is 7.98. The molecule has 1 amide bonds. The van der Waals surface area contributed by atoms with E-state index in [1.54, 1.807) is 24.3 Å². The van der Waals surface area contributed by atoms with Crippen molar-refractivity contribution in [2.24, 2.45) is 0 Å². The number of carbonyl (C=O) groups excluding carboxylic acids is 1. The highest BCUT2D eigenvalue weighted by Gasteiger charge is 2.56. The number of benzene rings is 2. The molecule has 172 valence electrons. The molecule has 0 bridgehead atoms. The Hall–Kier alpha value is -2.10. The molecular weight excluding hydrogens is 444 g/mol. The quantitative estimate of drug-likeness (QED) is 0.482. The van der Waals surface area contributed by atoms with E-state index in [2.05, 4.69) is 4.72 Å². The molecule has 9 heteroatoms. The number of alkyl halides is 2. The number of likely N-dealkylation sites (tertiary alicyclic amines) is 1. The smallest absolute Gasteiger partial charge is 0.283 e. The van der Waals surface area contributed by atoms with Gasteiger partial charge in [-0.05, 0) is 23.6 Å². The Morgan fingerprint density at radius 3 is 2.69 bits per heavy atom. The lowest BCUT2D eigenvalue weighted by Gasteiger charge is -2.33. The Morgan fingerprint density at radius 2 is 2.00 bits per heavy atom. The highest BCUT2D eigenvalue weighted by atomic mass is 32.2. The lowest BCUT2D eigenvalue weighted by molar-refractivity contribution is -0.158. The molecule has 1 N–H and O–H groups in total. The van der Waals surface area contributed by atoms with Crippen LogP contribution in [-0.4, -0.2) is 53.8 Å². The van der Waals surface area contributed by atoms with Crippen LogP contribution in [0, 0.1) is 11.6 Å². The average Bonchev–Trinajstić information content (AvgIpc) is 2.97. The summed E-state index contributed by atoms with van der Waals surface area (Å²) in [5.41, 5.74) is 1.18. The van der Waals surface area contributed by atoms with E-state index < -0.39 is 48.2 Å². The second-order valence-corrected chi connectivity index (χ2v) is 9.08. The summed E-state index contributed by atoms with van der Waals surface area (Å²) in [6.07, 6.45) is -0.0246. The standard InChI is InChI=1S/C23H24F4N2O2S/c1-2-32-28-21-18(29(13-23(21,26)27)22(30)19-9-10-31-19)12-14-5-3-6-15(11-14)16-7-4-8-17(24)20(16)25/h3-8,11,18-19,21,28H,2,9-10,12-13H2,1H3/t18-,19?,21+/m0/s1. The molecule has 0 saturated carbocycles. The van der Waals surface area contributed by atoms with Gasteiger partial charge in [0.1, 0.15) is 12.1 Å². The zero-order chi connectivity index (χ0) is 22.9. The highest BCUT2D eigenvalue weighted by molar-refractivity contribution is 7.97. The van der Waals surface area contributed by atoms with Crippen LogP contribution >= 0.6 is 11.9 Å². The SMILES string of the molecule is CCSN[C@@H]1[C@H](Cc2cccc(-c3cccc(F)c3F)c2)N(C(=O)C2CCO2)CC1(F)F. The van der Waals surface area contributed by atoms with Gasteiger partial charge >= 0.3 is 0 Å². The van der Waals surface area contributed by atoms with E-state index in [0.717, 1.165) is 6.07 Å². The molecular formula is C23H24F4N2O2S. The number of amides is 1. The molecule has 32 heavy (non-hydrogen) atoms. The molecule has 2 saturated heterocycles. The van der Waals surface area contributed by atoms with Gasteiger partial charge in [-0.2, -0.15) is 0 Å². The van der Waals surface area contributed by atoms with E-state index in [1.807, 2.05) is 6.92 Å². The van der Waals surface area contributed by atoms with E-state index in [-0.39, 0.29) is 12.0 Å². The van der Waals surface area contributed by atoms with Crippen molar-refractivity contribution in [3.63, 3.8) is 0 Å². The maximum Gasteiger partial charge on any atom is 0.283 e. The molecule has 2 aromatic rings. The lowest BCUT2D eigenvalue weighted by Crippen LogP contribution is -2.51. The van der Waals surface area contributed by atoms with Gasteiger partial charge < -0.3 is 9.64 Å². The van der Waals surface area contributed by atoms with Crippen molar-refractivity contribution in [2.75, 3.05) is 18.9 Å². The van der Waals surface area contributed by atoms with Crippen molar-refractivity contribution in [1.29, 1.82) is 0 Å². The molecule has 2 fully saturated rings. The first kappa shape index (κ1) is 23.1. The van der Waals surface area contributed by atoms with Crippen molar-refractivity contribution in [1.82, 2.24) is 9.62 Å². The van der Waals surface area contributed by atoms with Crippen molar-refractivity contribution < 1.29 is 27.1 Å². The first-order chi connectivity index (χ1) is 15.3. The van der Waals surface area contributed by atoms with Gasteiger partial charge in [0, 0.05) is 17.7 Å². The van der Waals surface area contributed by atoms with Crippen molar-refractivity contribution in [3.05, 3.63) is 59.7 Å². The lowest BCUT2D eigenvalue weighted by atomic mass is 9.95. The molecule has 0 radical (unpaired) electrons. The number of hydrogen-bond donors (Lipinski definition) is 1. The number of hydrogen-bond acceptors (Lipinski definition) is 4. The largest absolute Gasteiger partial charge is 0.368 e. The summed E-state index contributed by atoms with van der Waals surface area (Å²) >= 11 is 1.18. The molecule has 2 aliphatic heterocycles. The summed E-state index contributed by atoms with van der Waals surface area (Å²) in [7, 11) is 0. The molecule has 0 aromatic heterocycles. The number of halogens is 4. The third-order valence-electron chi connectivity index (χ3n) is 5.87. The zero-order valence-electron chi connectivity index (χ0n) is 17.5. The molecule has 3 atom stereocenters. The summed E-state index contributed by atoms with van der Waals surface area (Å²) in [6.45, 7) is 1.61. The number of ether oxygens (including phenoxy) is 1. The second kappa shape index (κ2) is 9.41. The Kier molecular flexibility index (Phi) is 6.78. The molecule has 2 heterocycles.